The Kier molecular flexibility index (Phi) is 5.65. The summed E-state index contributed by atoms with van der Waals surface area (Å²) < 4.78 is 8.85. The number of thiazole rings is 1. The summed E-state index contributed by atoms with van der Waals surface area (Å²) in [5.74, 6) is 0. The predicted molar refractivity (Wildman–Crippen MR) is 133 cm³/mol. The van der Waals surface area contributed by atoms with Crippen molar-refractivity contribution in [3.8, 4) is 0 Å². The molecule has 2 fully saturated rings. The zero-order chi connectivity index (χ0) is 22.2. The highest BCUT2D eigenvalue weighted by Gasteiger charge is 2.23. The van der Waals surface area contributed by atoms with Crippen LogP contribution in [0.15, 0.2) is 42.7 Å². The van der Waals surface area contributed by atoms with Crippen molar-refractivity contribution in [3.63, 3.8) is 0 Å². The molecule has 2 unspecified atom stereocenters. The molecule has 2 atom stereocenters. The van der Waals surface area contributed by atoms with Crippen LogP contribution in [0.25, 0.3) is 21.3 Å². The van der Waals surface area contributed by atoms with Gasteiger partial charge in [0, 0.05) is 25.3 Å². The third-order valence-corrected chi connectivity index (χ3v) is 7.77. The lowest BCUT2D eigenvalue weighted by Crippen LogP contribution is -2.36. The SMILES string of the molecule is OC1CCCCC1Nc1nc2ccc(Cn3cnc4cc(N5CCOCC5)ccc43)cc2s1. The molecule has 4 aromatic rings. The highest BCUT2D eigenvalue weighted by molar-refractivity contribution is 7.22. The molecule has 172 valence electrons. The minimum Gasteiger partial charge on any atom is -0.391 e. The Morgan fingerprint density at radius 3 is 2.82 bits per heavy atom. The quantitative estimate of drug-likeness (QED) is 0.461. The number of hydrogen-bond donors (Lipinski definition) is 2. The van der Waals surface area contributed by atoms with Crippen molar-refractivity contribution >= 4 is 43.4 Å². The fraction of sp³-hybridized carbons (Fsp3) is 0.440. The van der Waals surface area contributed by atoms with Crippen molar-refractivity contribution in [2.75, 3.05) is 36.5 Å². The molecule has 2 aliphatic rings. The Balaban J connectivity index is 1.20. The van der Waals surface area contributed by atoms with Crippen molar-refractivity contribution in [1.82, 2.24) is 14.5 Å². The first-order chi connectivity index (χ1) is 16.2. The van der Waals surface area contributed by atoms with Crippen LogP contribution in [0.5, 0.6) is 0 Å². The molecule has 1 saturated heterocycles. The number of aliphatic hydroxyl groups excluding tert-OH is 1. The molecule has 0 spiro atoms. The lowest BCUT2D eigenvalue weighted by molar-refractivity contribution is 0.116. The van der Waals surface area contributed by atoms with Gasteiger partial charge in [-0.1, -0.05) is 30.2 Å². The lowest BCUT2D eigenvalue weighted by Gasteiger charge is -2.28. The zero-order valence-corrected chi connectivity index (χ0v) is 19.4. The molecule has 0 bridgehead atoms. The topological polar surface area (TPSA) is 75.4 Å². The monoisotopic (exact) mass is 463 g/mol. The molecule has 2 aromatic heterocycles. The maximum atomic E-state index is 10.3. The van der Waals surface area contributed by atoms with Gasteiger partial charge in [0.15, 0.2) is 5.13 Å². The average Bonchev–Trinajstić information content (AvgIpc) is 3.44. The highest BCUT2D eigenvalue weighted by atomic mass is 32.1. The molecule has 6 rings (SSSR count). The van der Waals surface area contributed by atoms with Crippen LogP contribution in [-0.4, -0.2) is 58.1 Å². The van der Waals surface area contributed by atoms with Crippen molar-refractivity contribution in [3.05, 3.63) is 48.3 Å². The van der Waals surface area contributed by atoms with E-state index in [1.165, 1.54) is 16.0 Å². The van der Waals surface area contributed by atoms with Gasteiger partial charge in [-0.2, -0.15) is 0 Å². The van der Waals surface area contributed by atoms with Gasteiger partial charge in [0.1, 0.15) is 0 Å². The summed E-state index contributed by atoms with van der Waals surface area (Å²) in [6.45, 7) is 4.19. The van der Waals surface area contributed by atoms with Gasteiger partial charge in [0.2, 0.25) is 0 Å². The summed E-state index contributed by atoms with van der Waals surface area (Å²) in [5.41, 5.74) is 5.61. The van der Waals surface area contributed by atoms with Crippen molar-refractivity contribution in [2.24, 2.45) is 0 Å². The standard InChI is InChI=1S/C25H29N5O2S/c31-23-4-2-1-3-19(23)27-25-28-20-7-5-17(13-24(20)33-25)15-30-16-26-21-14-18(6-8-22(21)30)29-9-11-32-12-10-29/h5-8,13-14,16,19,23,31H,1-4,9-12,15H2,(H,27,28). The maximum Gasteiger partial charge on any atom is 0.184 e. The third-order valence-electron chi connectivity index (χ3n) is 6.82. The number of hydrogen-bond acceptors (Lipinski definition) is 7. The third kappa shape index (κ3) is 4.30. The smallest absolute Gasteiger partial charge is 0.184 e. The Labute approximate surface area is 197 Å². The number of benzene rings is 2. The van der Waals surface area contributed by atoms with E-state index >= 15 is 0 Å². The van der Waals surface area contributed by atoms with Gasteiger partial charge < -0.3 is 24.6 Å². The van der Waals surface area contributed by atoms with Gasteiger partial charge in [-0.3, -0.25) is 0 Å². The maximum absolute atomic E-state index is 10.3. The molecule has 33 heavy (non-hydrogen) atoms. The van der Waals surface area contributed by atoms with E-state index in [-0.39, 0.29) is 12.1 Å². The number of nitrogens with one attached hydrogen (secondary N) is 1. The summed E-state index contributed by atoms with van der Waals surface area (Å²) >= 11 is 1.67. The van der Waals surface area contributed by atoms with E-state index < -0.39 is 0 Å². The first kappa shape index (κ1) is 20.9. The van der Waals surface area contributed by atoms with E-state index in [9.17, 15) is 5.11 Å². The fourth-order valence-corrected chi connectivity index (χ4v) is 5.95. The second-order valence-electron chi connectivity index (χ2n) is 9.07. The van der Waals surface area contributed by atoms with Crippen LogP contribution >= 0.6 is 11.3 Å². The molecular weight excluding hydrogens is 434 g/mol. The van der Waals surface area contributed by atoms with Gasteiger partial charge in [0.25, 0.3) is 0 Å². The van der Waals surface area contributed by atoms with Crippen LogP contribution in [0, 0.1) is 0 Å². The molecule has 1 aliphatic carbocycles. The molecule has 3 heterocycles. The largest absolute Gasteiger partial charge is 0.391 e. The molecule has 0 amide bonds. The van der Waals surface area contributed by atoms with Gasteiger partial charge in [-0.25, -0.2) is 9.97 Å². The minimum absolute atomic E-state index is 0.110. The van der Waals surface area contributed by atoms with Crippen molar-refractivity contribution in [2.45, 2.75) is 44.4 Å². The summed E-state index contributed by atoms with van der Waals surface area (Å²) in [6, 6.07) is 13.1. The molecular formula is C25H29N5O2S. The first-order valence-corrected chi connectivity index (χ1v) is 12.7. The van der Waals surface area contributed by atoms with Crippen molar-refractivity contribution in [1.29, 1.82) is 0 Å². The zero-order valence-electron chi connectivity index (χ0n) is 18.6. The van der Waals surface area contributed by atoms with E-state index in [1.807, 2.05) is 6.33 Å². The van der Waals surface area contributed by atoms with Crippen LogP contribution in [0.2, 0.25) is 0 Å². The Morgan fingerprint density at radius 1 is 1.06 bits per heavy atom. The Morgan fingerprint density at radius 2 is 1.94 bits per heavy atom. The van der Waals surface area contributed by atoms with Gasteiger partial charge in [-0.15, -0.1) is 0 Å². The lowest BCUT2D eigenvalue weighted by atomic mass is 9.93. The molecule has 1 saturated carbocycles. The average molecular weight is 464 g/mol. The second-order valence-corrected chi connectivity index (χ2v) is 10.1. The summed E-state index contributed by atoms with van der Waals surface area (Å²) in [4.78, 5) is 11.8. The fourth-order valence-electron chi connectivity index (χ4n) is 4.96. The number of nitrogens with zero attached hydrogens (tertiary/aromatic N) is 4. The number of aliphatic hydroxyl groups is 1. The normalized spacial score (nSPS) is 21.7. The van der Waals surface area contributed by atoms with Gasteiger partial charge in [-0.05, 0) is 48.7 Å². The van der Waals surface area contributed by atoms with Crippen LogP contribution in [0.1, 0.15) is 31.2 Å². The predicted octanol–water partition coefficient (Wildman–Crippen LogP) is 4.25. The highest BCUT2D eigenvalue weighted by Crippen LogP contribution is 2.30. The number of aromatic nitrogens is 3. The van der Waals surface area contributed by atoms with E-state index in [0.717, 1.165) is 80.2 Å². The molecule has 1 aliphatic heterocycles. The number of imidazole rings is 1. The van der Waals surface area contributed by atoms with Gasteiger partial charge in [0.05, 0.1) is 52.9 Å². The van der Waals surface area contributed by atoms with E-state index in [1.54, 1.807) is 11.3 Å². The number of rotatable bonds is 5. The minimum atomic E-state index is -0.278. The molecule has 2 N–H and O–H groups in total. The Hall–Kier alpha value is -2.68. The van der Waals surface area contributed by atoms with Gasteiger partial charge >= 0.3 is 0 Å². The number of ether oxygens (including phenoxy) is 1. The van der Waals surface area contributed by atoms with E-state index in [2.05, 4.69) is 56.2 Å². The summed E-state index contributed by atoms with van der Waals surface area (Å²) in [5, 5.41) is 14.6. The molecule has 0 radical (unpaired) electrons. The first-order valence-electron chi connectivity index (χ1n) is 11.8. The molecule has 8 heteroatoms. The van der Waals surface area contributed by atoms with Crippen LogP contribution in [-0.2, 0) is 11.3 Å². The molecule has 7 nitrogen and oxygen atoms in total. The summed E-state index contributed by atoms with van der Waals surface area (Å²) in [7, 11) is 0. The second kappa shape index (κ2) is 8.93. The number of anilines is 2. The number of fused-ring (bicyclic) bond motifs is 2. The van der Waals surface area contributed by atoms with Crippen molar-refractivity contribution < 1.29 is 9.84 Å². The van der Waals surface area contributed by atoms with Crippen LogP contribution in [0.4, 0.5) is 10.8 Å². The molecule has 2 aromatic carbocycles. The summed E-state index contributed by atoms with van der Waals surface area (Å²) in [6.07, 6.45) is 5.81. The Bertz CT molecular complexity index is 1260. The van der Waals surface area contributed by atoms with Crippen LogP contribution in [0.3, 0.4) is 0 Å². The van der Waals surface area contributed by atoms with E-state index in [0.29, 0.717) is 0 Å². The van der Waals surface area contributed by atoms with Crippen LogP contribution < -0.4 is 10.2 Å². The number of morpholine rings is 1. The van der Waals surface area contributed by atoms with E-state index in [4.69, 9.17) is 9.72 Å².